The summed E-state index contributed by atoms with van der Waals surface area (Å²) in [5.41, 5.74) is -0.495. The fourth-order valence-electron chi connectivity index (χ4n) is 5.31. The van der Waals surface area contributed by atoms with Crippen molar-refractivity contribution < 1.29 is 36.7 Å². The summed E-state index contributed by atoms with van der Waals surface area (Å²) in [4.78, 5) is 26.0. The highest BCUT2D eigenvalue weighted by molar-refractivity contribution is 6.00. The van der Waals surface area contributed by atoms with Crippen LogP contribution in [0, 0.1) is 0 Å². The number of quaternary nitrogens is 1. The molecule has 1 aromatic rings. The lowest BCUT2D eigenvalue weighted by Gasteiger charge is -2.31. The number of hydrogen-bond donors (Lipinski definition) is 1. The number of carbonyl (C=O) groups is 2. The highest BCUT2D eigenvalue weighted by atomic mass is 19.4. The molecule has 0 amide bonds. The number of benzene rings is 1. The monoisotopic (exact) mass is 581 g/mol. The van der Waals surface area contributed by atoms with Gasteiger partial charge in [0.15, 0.2) is 0 Å². The molecule has 0 bridgehead atoms. The Balaban J connectivity index is 1.93. The minimum absolute atomic E-state index is 0.0193. The zero-order chi connectivity index (χ0) is 30.6. The third kappa shape index (κ3) is 10.8. The summed E-state index contributed by atoms with van der Waals surface area (Å²) in [5.74, 6) is -2.82. The van der Waals surface area contributed by atoms with E-state index in [1.807, 2.05) is 0 Å². The fraction of sp³-hybridized carbons (Fsp3) is 0.625. The van der Waals surface area contributed by atoms with E-state index in [4.69, 9.17) is 9.47 Å². The van der Waals surface area contributed by atoms with Gasteiger partial charge in [0, 0.05) is 11.4 Å². The first-order chi connectivity index (χ1) is 19.3. The van der Waals surface area contributed by atoms with Crippen LogP contribution in [0.15, 0.2) is 46.8 Å². The van der Waals surface area contributed by atoms with Crippen molar-refractivity contribution in [3.8, 4) is 0 Å². The van der Waals surface area contributed by atoms with Gasteiger partial charge in [-0.1, -0.05) is 63.1 Å². The summed E-state index contributed by atoms with van der Waals surface area (Å²) in [7, 11) is 7.83. The lowest BCUT2D eigenvalue weighted by atomic mass is 9.78. The number of esters is 2. The quantitative estimate of drug-likeness (QED) is 0.126. The average Bonchev–Trinajstić information content (AvgIpc) is 2.89. The van der Waals surface area contributed by atoms with Crippen LogP contribution >= 0.6 is 0 Å². The molecule has 0 aliphatic carbocycles. The second-order valence-corrected chi connectivity index (χ2v) is 11.9. The largest absolute Gasteiger partial charge is 0.466 e. The van der Waals surface area contributed by atoms with E-state index in [0.29, 0.717) is 17.8 Å². The number of carbonyl (C=O) groups excluding carboxylic acids is 2. The lowest BCUT2D eigenvalue weighted by Crippen LogP contribution is -2.35. The van der Waals surface area contributed by atoms with Gasteiger partial charge in [0.05, 0.1) is 64.0 Å². The molecule has 1 aliphatic heterocycles. The molecule has 1 atom stereocenters. The number of dihydropyridines is 1. The first-order valence-electron chi connectivity index (χ1n) is 14.7. The van der Waals surface area contributed by atoms with Crippen molar-refractivity contribution in [3.63, 3.8) is 0 Å². The molecule has 2 rings (SSSR count). The Labute approximate surface area is 243 Å². The molecule has 0 aromatic heterocycles. The van der Waals surface area contributed by atoms with Crippen molar-refractivity contribution in [2.75, 3.05) is 41.4 Å². The van der Waals surface area contributed by atoms with E-state index >= 15 is 0 Å². The third-order valence-corrected chi connectivity index (χ3v) is 7.42. The minimum atomic E-state index is -4.68. The van der Waals surface area contributed by atoms with Gasteiger partial charge < -0.3 is 19.3 Å². The molecule has 230 valence electrons. The number of nitrogens with one attached hydrogen (secondary N) is 1. The van der Waals surface area contributed by atoms with Gasteiger partial charge in [-0.05, 0) is 44.7 Å². The maximum atomic E-state index is 14.0. The molecule has 6 nitrogen and oxygen atoms in total. The van der Waals surface area contributed by atoms with Crippen LogP contribution in [-0.2, 0) is 25.2 Å². The van der Waals surface area contributed by atoms with E-state index in [1.165, 1.54) is 63.3 Å². The van der Waals surface area contributed by atoms with Crippen LogP contribution in [0.2, 0.25) is 0 Å². The van der Waals surface area contributed by atoms with Gasteiger partial charge in [0.25, 0.3) is 0 Å². The van der Waals surface area contributed by atoms with Gasteiger partial charge in [0.1, 0.15) is 0 Å². The van der Waals surface area contributed by atoms with Crippen molar-refractivity contribution in [2.45, 2.75) is 90.1 Å². The predicted octanol–water partition coefficient (Wildman–Crippen LogP) is 7.26. The highest BCUT2D eigenvalue weighted by Gasteiger charge is 2.43. The molecule has 1 unspecified atom stereocenters. The SMILES string of the molecule is COC(=O)C1=C(C)NC(C)=C(C(=O)OCCCCCCCCCCCC[N+](C)(C)C)C1c1ccccc1C(F)(F)F. The second-order valence-electron chi connectivity index (χ2n) is 11.9. The molecule has 0 saturated carbocycles. The molecule has 0 spiro atoms. The van der Waals surface area contributed by atoms with Gasteiger partial charge in [-0.25, -0.2) is 9.59 Å². The molecule has 0 radical (unpaired) electrons. The Kier molecular flexibility index (Phi) is 13.4. The molecule has 9 heteroatoms. The van der Waals surface area contributed by atoms with Crippen LogP contribution in [0.5, 0.6) is 0 Å². The van der Waals surface area contributed by atoms with Crippen molar-refractivity contribution in [1.82, 2.24) is 5.32 Å². The zero-order valence-corrected chi connectivity index (χ0v) is 25.6. The smallest absolute Gasteiger partial charge is 0.416 e. The van der Waals surface area contributed by atoms with Gasteiger partial charge in [0.2, 0.25) is 0 Å². The number of nitrogens with zero attached hydrogens (tertiary/aromatic N) is 1. The van der Waals surface area contributed by atoms with E-state index in [-0.39, 0.29) is 23.3 Å². The number of allylic oxidation sites excluding steroid dienone is 2. The van der Waals surface area contributed by atoms with E-state index in [2.05, 4.69) is 26.5 Å². The summed E-state index contributed by atoms with van der Waals surface area (Å²) in [6.07, 6.45) is 6.57. The van der Waals surface area contributed by atoms with Gasteiger partial charge in [-0.2, -0.15) is 13.2 Å². The number of alkyl halides is 3. The first-order valence-corrected chi connectivity index (χ1v) is 14.7. The number of hydrogen-bond acceptors (Lipinski definition) is 5. The molecule has 1 aromatic carbocycles. The molecule has 0 fully saturated rings. The van der Waals surface area contributed by atoms with Crippen LogP contribution < -0.4 is 5.32 Å². The maximum absolute atomic E-state index is 14.0. The summed E-state index contributed by atoms with van der Waals surface area (Å²) >= 11 is 0. The Morgan fingerprint density at radius 1 is 0.805 bits per heavy atom. The second kappa shape index (κ2) is 16.0. The van der Waals surface area contributed by atoms with Crippen LogP contribution in [0.4, 0.5) is 13.2 Å². The van der Waals surface area contributed by atoms with Crippen molar-refractivity contribution in [2.24, 2.45) is 0 Å². The number of ether oxygens (including phenoxy) is 2. The van der Waals surface area contributed by atoms with E-state index in [0.717, 1.165) is 36.9 Å². The average molecular weight is 582 g/mol. The molecule has 1 aliphatic rings. The van der Waals surface area contributed by atoms with Crippen LogP contribution in [0.25, 0.3) is 0 Å². The normalized spacial score (nSPS) is 16.1. The topological polar surface area (TPSA) is 64.6 Å². The number of rotatable bonds is 16. The summed E-state index contributed by atoms with van der Waals surface area (Å²) in [6, 6.07) is 4.98. The summed E-state index contributed by atoms with van der Waals surface area (Å²) in [5, 5.41) is 2.96. The highest BCUT2D eigenvalue weighted by Crippen LogP contribution is 2.44. The fourth-order valence-corrected chi connectivity index (χ4v) is 5.31. The lowest BCUT2D eigenvalue weighted by molar-refractivity contribution is -0.870. The van der Waals surface area contributed by atoms with Gasteiger partial charge in [-0.3, -0.25) is 0 Å². The van der Waals surface area contributed by atoms with Crippen molar-refractivity contribution in [1.29, 1.82) is 0 Å². The summed E-state index contributed by atoms with van der Waals surface area (Å²) < 4.78 is 53.3. The van der Waals surface area contributed by atoms with Gasteiger partial charge >= 0.3 is 18.1 Å². The maximum Gasteiger partial charge on any atom is 0.416 e. The number of methoxy groups -OCH3 is 1. The van der Waals surface area contributed by atoms with E-state index in [9.17, 15) is 22.8 Å². The van der Waals surface area contributed by atoms with E-state index < -0.39 is 29.6 Å². The molecule has 0 saturated heterocycles. The van der Waals surface area contributed by atoms with Crippen LogP contribution in [0.1, 0.15) is 95.1 Å². The molecule has 1 heterocycles. The van der Waals surface area contributed by atoms with Crippen molar-refractivity contribution in [3.05, 3.63) is 57.9 Å². The minimum Gasteiger partial charge on any atom is -0.466 e. The molecular formula is C32H48F3N2O4+. The Bertz CT molecular complexity index is 1090. The predicted molar refractivity (Wildman–Crippen MR) is 155 cm³/mol. The number of halogens is 3. The molecule has 41 heavy (non-hydrogen) atoms. The molecule has 1 N–H and O–H groups in total. The summed E-state index contributed by atoms with van der Waals surface area (Å²) in [6.45, 7) is 4.54. The van der Waals surface area contributed by atoms with Gasteiger partial charge in [-0.15, -0.1) is 0 Å². The third-order valence-electron chi connectivity index (χ3n) is 7.42. The van der Waals surface area contributed by atoms with Crippen molar-refractivity contribution >= 4 is 11.9 Å². The van der Waals surface area contributed by atoms with Crippen LogP contribution in [-0.4, -0.2) is 57.8 Å². The first kappa shape index (κ1) is 34.4. The van der Waals surface area contributed by atoms with Crippen LogP contribution in [0.3, 0.4) is 0 Å². The number of unbranched alkanes of at least 4 members (excludes halogenated alkanes) is 9. The Hall–Kier alpha value is -2.81. The zero-order valence-electron chi connectivity index (χ0n) is 25.6. The van der Waals surface area contributed by atoms with E-state index in [1.54, 1.807) is 13.8 Å². The standard InChI is InChI=1S/C32H47F3N2O4/c1-23-27(30(38)40-6)29(25-19-15-16-20-26(25)32(33,34)35)28(24(2)36-23)31(39)41-22-18-14-12-10-8-7-9-11-13-17-21-37(3,4)5/h15-16,19-20,29H,7-14,17-18,21-22H2,1-6H3/p+1. The Morgan fingerprint density at radius 2 is 1.29 bits per heavy atom. The Morgan fingerprint density at radius 3 is 1.80 bits per heavy atom. The molecular weight excluding hydrogens is 533 g/mol.